The number of aromatic amines is 1. The van der Waals surface area contributed by atoms with E-state index < -0.39 is 11.2 Å². The largest absolute Gasteiger partial charge is 0.444 e. The summed E-state index contributed by atoms with van der Waals surface area (Å²) in [6.07, 6.45) is 5.25. The molecule has 10 heteroatoms. The lowest BCUT2D eigenvalue weighted by atomic mass is 9.91. The van der Waals surface area contributed by atoms with Crippen molar-refractivity contribution in [2.75, 3.05) is 38.0 Å². The summed E-state index contributed by atoms with van der Waals surface area (Å²) in [5.41, 5.74) is 1.33. The van der Waals surface area contributed by atoms with E-state index in [4.69, 9.17) is 21.3 Å². The van der Waals surface area contributed by atoms with E-state index in [0.29, 0.717) is 49.1 Å². The minimum Gasteiger partial charge on any atom is -0.444 e. The molecule has 2 aromatic heterocycles. The van der Waals surface area contributed by atoms with Crippen LogP contribution in [0.4, 0.5) is 10.7 Å². The average molecular weight is 527 g/mol. The predicted molar refractivity (Wildman–Crippen MR) is 145 cm³/mol. The summed E-state index contributed by atoms with van der Waals surface area (Å²) in [5.74, 6) is 0.543. The Balaban J connectivity index is 1.17. The summed E-state index contributed by atoms with van der Waals surface area (Å²) in [6.45, 7) is 8.82. The summed E-state index contributed by atoms with van der Waals surface area (Å²) < 4.78 is 5.47. The van der Waals surface area contributed by atoms with Gasteiger partial charge < -0.3 is 25.0 Å². The highest BCUT2D eigenvalue weighted by atomic mass is 35.5. The van der Waals surface area contributed by atoms with E-state index in [9.17, 15) is 9.90 Å². The first-order valence-corrected chi connectivity index (χ1v) is 13.2. The first kappa shape index (κ1) is 25.8. The second-order valence-corrected chi connectivity index (χ2v) is 11.6. The van der Waals surface area contributed by atoms with Crippen LogP contribution in [0.1, 0.15) is 40.0 Å². The van der Waals surface area contributed by atoms with Crippen molar-refractivity contribution in [3.63, 3.8) is 0 Å². The third-order valence-corrected chi connectivity index (χ3v) is 7.33. The molecule has 37 heavy (non-hydrogen) atoms. The maximum atomic E-state index is 12.4. The van der Waals surface area contributed by atoms with Crippen molar-refractivity contribution in [2.45, 2.75) is 57.3 Å². The van der Waals surface area contributed by atoms with Gasteiger partial charge in [-0.3, -0.25) is 4.90 Å². The number of rotatable bonds is 5. The Kier molecular flexibility index (Phi) is 7.04. The number of hydrogen-bond acceptors (Lipinski definition) is 7. The SMILES string of the molecule is CC(C)(C)OC(=O)N1CCC(O)(CN2CCC(Nc3ncc(Cl)c(-c4c[nH]c5ccccc45)n3)C2)CC1. The van der Waals surface area contributed by atoms with Crippen LogP contribution in [0, 0.1) is 0 Å². The zero-order valence-corrected chi connectivity index (χ0v) is 22.4. The molecule has 1 amide bonds. The molecular formula is C27H35ClN6O3. The number of carbonyl (C=O) groups is 1. The highest BCUT2D eigenvalue weighted by Gasteiger charge is 2.38. The fraction of sp³-hybridized carbons (Fsp3) is 0.519. The first-order valence-electron chi connectivity index (χ1n) is 12.9. The number of carbonyl (C=O) groups excluding carboxylic acids is 1. The second kappa shape index (κ2) is 10.1. The van der Waals surface area contributed by atoms with Gasteiger partial charge in [-0.1, -0.05) is 29.8 Å². The number of para-hydroxylation sites is 1. The first-order chi connectivity index (χ1) is 17.6. The fourth-order valence-electron chi connectivity index (χ4n) is 5.18. The number of likely N-dealkylation sites (tertiary alicyclic amines) is 2. The lowest BCUT2D eigenvalue weighted by molar-refractivity contribution is -0.0471. The van der Waals surface area contributed by atoms with Gasteiger partial charge in [0.15, 0.2) is 0 Å². The van der Waals surface area contributed by atoms with Gasteiger partial charge in [0.25, 0.3) is 0 Å². The summed E-state index contributed by atoms with van der Waals surface area (Å²) in [4.78, 5) is 28.8. The maximum Gasteiger partial charge on any atom is 0.410 e. The number of ether oxygens (including phenoxy) is 1. The maximum absolute atomic E-state index is 12.4. The highest BCUT2D eigenvalue weighted by molar-refractivity contribution is 6.33. The molecule has 1 atom stereocenters. The minimum atomic E-state index is -0.813. The van der Waals surface area contributed by atoms with Gasteiger partial charge in [0.1, 0.15) is 5.60 Å². The van der Waals surface area contributed by atoms with E-state index in [1.165, 1.54) is 0 Å². The van der Waals surface area contributed by atoms with Crippen LogP contribution in [0.15, 0.2) is 36.7 Å². The van der Waals surface area contributed by atoms with Gasteiger partial charge in [-0.15, -0.1) is 0 Å². The van der Waals surface area contributed by atoms with Gasteiger partial charge in [0.2, 0.25) is 5.95 Å². The Morgan fingerprint density at radius 3 is 2.78 bits per heavy atom. The van der Waals surface area contributed by atoms with Crippen LogP contribution in [0.25, 0.3) is 22.2 Å². The topological polar surface area (TPSA) is 107 Å². The van der Waals surface area contributed by atoms with E-state index >= 15 is 0 Å². The Labute approximate surface area is 222 Å². The molecule has 0 saturated carbocycles. The Morgan fingerprint density at radius 2 is 2.03 bits per heavy atom. The number of benzene rings is 1. The van der Waals surface area contributed by atoms with E-state index in [0.717, 1.165) is 36.0 Å². The van der Waals surface area contributed by atoms with Crippen molar-refractivity contribution in [1.82, 2.24) is 24.8 Å². The van der Waals surface area contributed by atoms with Crippen molar-refractivity contribution < 1.29 is 14.6 Å². The van der Waals surface area contributed by atoms with Gasteiger partial charge >= 0.3 is 6.09 Å². The Hall–Kier alpha value is -2.88. The molecule has 3 aromatic rings. The monoisotopic (exact) mass is 526 g/mol. The quantitative estimate of drug-likeness (QED) is 0.448. The molecule has 2 aliphatic rings. The van der Waals surface area contributed by atoms with Crippen LogP contribution in [0.5, 0.6) is 0 Å². The number of halogens is 1. The van der Waals surface area contributed by atoms with Gasteiger partial charge in [-0.05, 0) is 46.1 Å². The average Bonchev–Trinajstić information content (AvgIpc) is 3.46. The van der Waals surface area contributed by atoms with E-state index in [1.807, 2.05) is 51.2 Å². The lowest BCUT2D eigenvalue weighted by Crippen LogP contribution is -2.52. The summed E-state index contributed by atoms with van der Waals surface area (Å²) in [6, 6.07) is 8.22. The summed E-state index contributed by atoms with van der Waals surface area (Å²) in [5, 5.41) is 16.2. The lowest BCUT2D eigenvalue weighted by Gasteiger charge is -2.40. The number of aromatic nitrogens is 3. The molecule has 1 aromatic carbocycles. The molecule has 0 aliphatic carbocycles. The molecule has 5 rings (SSSR count). The predicted octanol–water partition coefficient (Wildman–Crippen LogP) is 4.53. The molecule has 2 fully saturated rings. The van der Waals surface area contributed by atoms with Gasteiger partial charge in [0.05, 0.1) is 22.5 Å². The van der Waals surface area contributed by atoms with E-state index in [2.05, 4.69) is 20.2 Å². The number of fused-ring (bicyclic) bond motifs is 1. The molecule has 0 bridgehead atoms. The molecule has 2 aliphatic heterocycles. The Bertz CT molecular complexity index is 1260. The number of piperidine rings is 1. The van der Waals surface area contributed by atoms with Crippen LogP contribution in [-0.2, 0) is 4.74 Å². The number of nitrogens with one attached hydrogen (secondary N) is 2. The second-order valence-electron chi connectivity index (χ2n) is 11.2. The van der Waals surface area contributed by atoms with Gasteiger partial charge in [-0.25, -0.2) is 14.8 Å². The summed E-state index contributed by atoms with van der Waals surface area (Å²) in [7, 11) is 0. The Morgan fingerprint density at radius 1 is 1.27 bits per heavy atom. The number of hydrogen-bond donors (Lipinski definition) is 3. The third kappa shape index (κ3) is 6.00. The van der Waals surface area contributed by atoms with E-state index in [-0.39, 0.29) is 12.1 Å². The minimum absolute atomic E-state index is 0.169. The van der Waals surface area contributed by atoms with Crippen LogP contribution in [0.3, 0.4) is 0 Å². The molecule has 2 saturated heterocycles. The zero-order valence-electron chi connectivity index (χ0n) is 21.6. The van der Waals surface area contributed by atoms with Crippen molar-refractivity contribution in [2.24, 2.45) is 0 Å². The number of anilines is 1. The third-order valence-electron chi connectivity index (χ3n) is 7.06. The molecule has 198 valence electrons. The standard InChI is InChI=1S/C27H35ClN6O3/c1-26(2,3)37-25(35)34-12-9-27(36,10-13-34)17-33-11-8-18(16-33)31-24-30-15-21(28)23(32-24)20-14-29-22-7-5-4-6-19(20)22/h4-7,14-15,18,29,36H,8-13,16-17H2,1-3H3,(H,30,31,32). The highest BCUT2D eigenvalue weighted by Crippen LogP contribution is 2.33. The van der Waals surface area contributed by atoms with Gasteiger partial charge in [-0.2, -0.15) is 0 Å². The zero-order chi connectivity index (χ0) is 26.2. The van der Waals surface area contributed by atoms with Crippen molar-refractivity contribution in [3.8, 4) is 11.3 Å². The molecular weight excluding hydrogens is 492 g/mol. The molecule has 0 spiro atoms. The number of amides is 1. The number of nitrogens with zero attached hydrogens (tertiary/aromatic N) is 4. The van der Waals surface area contributed by atoms with Gasteiger partial charge in [0, 0.05) is 61.4 Å². The van der Waals surface area contributed by atoms with E-state index in [1.54, 1.807) is 11.1 Å². The summed E-state index contributed by atoms with van der Waals surface area (Å²) >= 11 is 6.48. The van der Waals surface area contributed by atoms with Crippen LogP contribution >= 0.6 is 11.6 Å². The number of aliphatic hydroxyl groups is 1. The molecule has 0 radical (unpaired) electrons. The molecule has 1 unspecified atom stereocenters. The van der Waals surface area contributed by atoms with Crippen LogP contribution in [-0.4, -0.2) is 85.9 Å². The normalized spacial score (nSPS) is 20.4. The molecule has 3 N–H and O–H groups in total. The molecule has 4 heterocycles. The smallest absolute Gasteiger partial charge is 0.410 e. The number of H-pyrrole nitrogens is 1. The van der Waals surface area contributed by atoms with Crippen molar-refractivity contribution >= 4 is 34.5 Å². The van der Waals surface area contributed by atoms with Crippen molar-refractivity contribution in [1.29, 1.82) is 0 Å². The number of β-amino-alcohol motifs (C(OH)–C–C–N with tert-alkyl or cyclic N) is 1. The molecule has 9 nitrogen and oxygen atoms in total. The van der Waals surface area contributed by atoms with Crippen LogP contribution < -0.4 is 5.32 Å². The fourth-order valence-corrected chi connectivity index (χ4v) is 5.37. The van der Waals surface area contributed by atoms with Crippen LogP contribution in [0.2, 0.25) is 5.02 Å². The van der Waals surface area contributed by atoms with Crippen molar-refractivity contribution in [3.05, 3.63) is 41.7 Å².